The molecular weight excluding hydrogens is 321 g/mol. The average Bonchev–Trinajstić information content (AvgIpc) is 2.20. The fourth-order valence-corrected chi connectivity index (χ4v) is 2.00. The van der Waals surface area contributed by atoms with Crippen LogP contribution in [0.3, 0.4) is 0 Å². The Kier molecular flexibility index (Phi) is 4.67. The smallest absolute Gasteiger partial charge is 0.270 e. The molecular formula is C11H14INO3. The predicted octanol–water partition coefficient (Wildman–Crippen LogP) is 2.76. The number of non-ortho nitro benzene ring substituents is 1. The van der Waals surface area contributed by atoms with Crippen molar-refractivity contribution in [1.82, 2.24) is 0 Å². The van der Waals surface area contributed by atoms with Gasteiger partial charge in [0.15, 0.2) is 0 Å². The second-order valence-corrected chi connectivity index (χ2v) is 5.21. The van der Waals surface area contributed by atoms with Crippen molar-refractivity contribution in [3.8, 4) is 0 Å². The molecule has 0 bridgehead atoms. The predicted molar refractivity (Wildman–Crippen MR) is 70.4 cm³/mol. The zero-order valence-corrected chi connectivity index (χ0v) is 11.3. The van der Waals surface area contributed by atoms with Crippen LogP contribution >= 0.6 is 22.6 Å². The summed E-state index contributed by atoms with van der Waals surface area (Å²) in [6, 6.07) is 4.72. The van der Waals surface area contributed by atoms with Crippen LogP contribution in [-0.2, 0) is 6.42 Å². The van der Waals surface area contributed by atoms with E-state index in [1.165, 1.54) is 12.1 Å². The Morgan fingerprint density at radius 2 is 2.12 bits per heavy atom. The van der Waals surface area contributed by atoms with E-state index in [-0.39, 0.29) is 11.6 Å². The summed E-state index contributed by atoms with van der Waals surface area (Å²) in [5.41, 5.74) is 1.04. The van der Waals surface area contributed by atoms with Crippen molar-refractivity contribution < 1.29 is 10.0 Å². The second-order valence-electron chi connectivity index (χ2n) is 4.05. The first-order chi connectivity index (χ1) is 7.41. The number of nitro groups is 1. The first kappa shape index (κ1) is 13.4. The van der Waals surface area contributed by atoms with Crippen molar-refractivity contribution in [2.24, 2.45) is 5.92 Å². The normalized spacial score (nSPS) is 12.8. The van der Waals surface area contributed by atoms with E-state index in [1.54, 1.807) is 6.07 Å². The molecule has 0 aliphatic heterocycles. The molecule has 0 heterocycles. The lowest BCUT2D eigenvalue weighted by Gasteiger charge is -2.15. The fraction of sp³-hybridized carbons (Fsp3) is 0.455. The number of aliphatic hydroxyl groups excluding tert-OH is 1. The van der Waals surface area contributed by atoms with Gasteiger partial charge in [0, 0.05) is 15.7 Å². The van der Waals surface area contributed by atoms with Crippen molar-refractivity contribution in [1.29, 1.82) is 0 Å². The van der Waals surface area contributed by atoms with E-state index >= 15 is 0 Å². The van der Waals surface area contributed by atoms with Crippen molar-refractivity contribution >= 4 is 28.3 Å². The minimum Gasteiger partial charge on any atom is -0.393 e. The van der Waals surface area contributed by atoms with E-state index in [0.717, 1.165) is 9.13 Å². The molecule has 88 valence electrons. The van der Waals surface area contributed by atoms with Gasteiger partial charge in [-0.05, 0) is 40.5 Å². The van der Waals surface area contributed by atoms with Gasteiger partial charge in [0.1, 0.15) is 0 Å². The van der Waals surface area contributed by atoms with Gasteiger partial charge in [-0.15, -0.1) is 0 Å². The average molecular weight is 335 g/mol. The number of nitrogens with zero attached hydrogens (tertiary/aromatic N) is 1. The highest BCUT2D eigenvalue weighted by Crippen LogP contribution is 2.22. The van der Waals surface area contributed by atoms with Crippen LogP contribution in [0.2, 0.25) is 0 Å². The highest BCUT2D eigenvalue weighted by Gasteiger charge is 2.14. The molecule has 1 aromatic carbocycles. The number of rotatable bonds is 4. The van der Waals surface area contributed by atoms with Crippen molar-refractivity contribution in [3.05, 3.63) is 37.4 Å². The number of halogens is 1. The summed E-state index contributed by atoms with van der Waals surface area (Å²) in [4.78, 5) is 10.1. The summed E-state index contributed by atoms with van der Waals surface area (Å²) < 4.78 is 0.825. The van der Waals surface area contributed by atoms with E-state index in [0.29, 0.717) is 6.42 Å². The molecule has 4 nitrogen and oxygen atoms in total. The topological polar surface area (TPSA) is 63.4 Å². The Morgan fingerprint density at radius 3 is 2.56 bits per heavy atom. The van der Waals surface area contributed by atoms with Crippen molar-refractivity contribution in [2.45, 2.75) is 26.4 Å². The summed E-state index contributed by atoms with van der Waals surface area (Å²) >= 11 is 2.06. The Labute approximate surface area is 108 Å². The van der Waals surface area contributed by atoms with Crippen LogP contribution in [0.15, 0.2) is 18.2 Å². The van der Waals surface area contributed by atoms with Gasteiger partial charge in [0.05, 0.1) is 11.0 Å². The van der Waals surface area contributed by atoms with Gasteiger partial charge in [-0.2, -0.15) is 0 Å². The van der Waals surface area contributed by atoms with Crippen LogP contribution in [-0.4, -0.2) is 16.1 Å². The Hall–Kier alpha value is -0.690. The molecule has 0 radical (unpaired) electrons. The van der Waals surface area contributed by atoms with Crippen LogP contribution in [0, 0.1) is 19.6 Å². The lowest BCUT2D eigenvalue weighted by Crippen LogP contribution is -2.18. The van der Waals surface area contributed by atoms with Gasteiger partial charge in [-0.3, -0.25) is 10.1 Å². The third kappa shape index (κ3) is 3.41. The third-order valence-corrected chi connectivity index (χ3v) is 3.45. The molecule has 0 saturated heterocycles. The fourth-order valence-electron chi connectivity index (χ4n) is 1.28. The van der Waals surface area contributed by atoms with Gasteiger partial charge < -0.3 is 5.11 Å². The van der Waals surface area contributed by atoms with Gasteiger partial charge in [-0.25, -0.2) is 0 Å². The van der Waals surface area contributed by atoms with Crippen molar-refractivity contribution in [3.63, 3.8) is 0 Å². The molecule has 0 aliphatic rings. The SMILES string of the molecule is CC(C)C(O)Cc1ccc([N+](=O)[O-])cc1I. The van der Waals surface area contributed by atoms with E-state index in [1.807, 2.05) is 13.8 Å². The molecule has 0 aromatic heterocycles. The Bertz CT molecular complexity index is 393. The van der Waals surface area contributed by atoms with Crippen LogP contribution in [0.5, 0.6) is 0 Å². The summed E-state index contributed by atoms with van der Waals surface area (Å²) in [6.07, 6.45) is 0.128. The molecule has 0 aliphatic carbocycles. The van der Waals surface area contributed by atoms with Crippen molar-refractivity contribution in [2.75, 3.05) is 0 Å². The van der Waals surface area contributed by atoms with E-state index in [4.69, 9.17) is 0 Å². The van der Waals surface area contributed by atoms with Gasteiger partial charge in [0.2, 0.25) is 0 Å². The van der Waals surface area contributed by atoms with Gasteiger partial charge >= 0.3 is 0 Å². The molecule has 1 rings (SSSR count). The molecule has 0 saturated carbocycles. The standard InChI is InChI=1S/C11H14INO3/c1-7(2)11(14)5-8-3-4-9(13(15)16)6-10(8)12/h3-4,6-7,11,14H,5H2,1-2H3. The maximum absolute atomic E-state index is 10.5. The monoisotopic (exact) mass is 335 g/mol. The maximum Gasteiger partial charge on any atom is 0.270 e. The highest BCUT2D eigenvalue weighted by atomic mass is 127. The lowest BCUT2D eigenvalue weighted by molar-refractivity contribution is -0.385. The zero-order valence-electron chi connectivity index (χ0n) is 9.18. The first-order valence-electron chi connectivity index (χ1n) is 5.02. The number of nitro benzene ring substituents is 1. The highest BCUT2D eigenvalue weighted by molar-refractivity contribution is 14.1. The molecule has 1 unspecified atom stereocenters. The minimum absolute atomic E-state index is 0.0900. The molecule has 5 heteroatoms. The molecule has 16 heavy (non-hydrogen) atoms. The molecule has 0 spiro atoms. The largest absolute Gasteiger partial charge is 0.393 e. The van der Waals surface area contributed by atoms with Crippen LogP contribution in [0.1, 0.15) is 19.4 Å². The second kappa shape index (κ2) is 5.58. The molecule has 1 N–H and O–H groups in total. The first-order valence-corrected chi connectivity index (χ1v) is 6.10. The summed E-state index contributed by atoms with van der Waals surface area (Å²) in [5, 5.41) is 20.3. The Balaban J connectivity index is 2.87. The Morgan fingerprint density at radius 1 is 1.50 bits per heavy atom. The third-order valence-electron chi connectivity index (χ3n) is 2.45. The van der Waals surface area contributed by atoms with Gasteiger partial charge in [-0.1, -0.05) is 19.9 Å². The number of hydrogen-bond donors (Lipinski definition) is 1. The summed E-state index contributed by atoms with van der Waals surface area (Å²) in [7, 11) is 0. The van der Waals surface area contributed by atoms with Gasteiger partial charge in [0.25, 0.3) is 5.69 Å². The van der Waals surface area contributed by atoms with Crippen LogP contribution in [0.25, 0.3) is 0 Å². The lowest BCUT2D eigenvalue weighted by atomic mass is 9.99. The molecule has 0 amide bonds. The zero-order chi connectivity index (χ0) is 12.3. The summed E-state index contributed by atoms with van der Waals surface area (Å²) in [6.45, 7) is 3.89. The van der Waals surface area contributed by atoms with Crippen LogP contribution in [0.4, 0.5) is 5.69 Å². The minimum atomic E-state index is -0.412. The number of hydrogen-bond acceptors (Lipinski definition) is 3. The number of benzene rings is 1. The van der Waals surface area contributed by atoms with E-state index in [9.17, 15) is 15.2 Å². The number of aliphatic hydroxyl groups is 1. The summed E-state index contributed by atoms with van der Waals surface area (Å²) in [5.74, 6) is 0.186. The molecule has 1 atom stereocenters. The van der Waals surface area contributed by atoms with Crippen LogP contribution < -0.4 is 0 Å². The van der Waals surface area contributed by atoms with E-state index in [2.05, 4.69) is 22.6 Å². The van der Waals surface area contributed by atoms with E-state index < -0.39 is 11.0 Å². The molecule has 1 aromatic rings. The maximum atomic E-state index is 10.5. The quantitative estimate of drug-likeness (QED) is 0.523. The molecule has 0 fully saturated rings.